The molecule has 3 aliphatic rings. The summed E-state index contributed by atoms with van der Waals surface area (Å²) in [7, 11) is 0. The van der Waals surface area contributed by atoms with Gasteiger partial charge in [0.15, 0.2) is 0 Å². The summed E-state index contributed by atoms with van der Waals surface area (Å²) in [5.41, 5.74) is 1.47. The van der Waals surface area contributed by atoms with Crippen LogP contribution in [0.3, 0.4) is 0 Å². The lowest BCUT2D eigenvalue weighted by Crippen LogP contribution is -2.74. The largest absolute Gasteiger partial charge is 0.488 e. The molecule has 8 heteroatoms. The third kappa shape index (κ3) is 4.67. The van der Waals surface area contributed by atoms with Gasteiger partial charge in [0.1, 0.15) is 23.5 Å². The smallest absolute Gasteiger partial charge is 0.251 e. The molecule has 2 heterocycles. The van der Waals surface area contributed by atoms with Gasteiger partial charge in [0, 0.05) is 73.4 Å². The monoisotopic (exact) mass is 521 g/mol. The van der Waals surface area contributed by atoms with Gasteiger partial charge in [-0.1, -0.05) is 45.4 Å². The number of ether oxygens (including phenoxy) is 1. The number of halogens is 1. The van der Waals surface area contributed by atoms with Gasteiger partial charge in [0.25, 0.3) is 5.91 Å². The first-order valence-corrected chi connectivity index (χ1v) is 13.5. The van der Waals surface area contributed by atoms with Gasteiger partial charge in [-0.15, -0.1) is 0 Å². The number of nitrogens with zero attached hydrogens (tertiary/aromatic N) is 3. The van der Waals surface area contributed by atoms with E-state index in [0.717, 1.165) is 45.0 Å². The van der Waals surface area contributed by atoms with Gasteiger partial charge in [0.05, 0.1) is 5.02 Å². The van der Waals surface area contributed by atoms with Crippen molar-refractivity contribution in [1.82, 2.24) is 15.5 Å². The minimum Gasteiger partial charge on any atom is -0.488 e. The van der Waals surface area contributed by atoms with Crippen molar-refractivity contribution in [2.24, 2.45) is 10.8 Å². The van der Waals surface area contributed by atoms with E-state index in [1.54, 1.807) is 18.2 Å². The van der Waals surface area contributed by atoms with Crippen LogP contribution in [0.1, 0.15) is 43.6 Å². The third-order valence-corrected chi connectivity index (χ3v) is 8.85. The summed E-state index contributed by atoms with van der Waals surface area (Å²) >= 11 is 6.20. The number of nitriles is 1. The van der Waals surface area contributed by atoms with Gasteiger partial charge in [-0.25, -0.2) is 0 Å². The quantitative estimate of drug-likeness (QED) is 0.600. The summed E-state index contributed by atoms with van der Waals surface area (Å²) < 4.78 is 6.35. The molecule has 0 bridgehead atoms. The van der Waals surface area contributed by atoms with Gasteiger partial charge in [0.2, 0.25) is 0 Å². The van der Waals surface area contributed by atoms with Crippen LogP contribution >= 0.6 is 11.6 Å². The highest BCUT2D eigenvalue weighted by Gasteiger charge is 2.64. The molecular weight excluding hydrogens is 486 g/mol. The number of amides is 1. The fourth-order valence-electron chi connectivity index (χ4n) is 6.55. The summed E-state index contributed by atoms with van der Waals surface area (Å²) in [6, 6.07) is 15.9. The van der Waals surface area contributed by atoms with Crippen molar-refractivity contribution in [3.63, 3.8) is 0 Å². The number of rotatable bonds is 6. The Morgan fingerprint density at radius 1 is 1.05 bits per heavy atom. The first-order valence-electron chi connectivity index (χ1n) is 13.1. The zero-order valence-corrected chi connectivity index (χ0v) is 22.8. The summed E-state index contributed by atoms with van der Waals surface area (Å²) in [6.45, 7) is 14.7. The van der Waals surface area contributed by atoms with E-state index < -0.39 is 0 Å². The predicted molar refractivity (Wildman–Crippen MR) is 146 cm³/mol. The molecule has 0 atom stereocenters. The Morgan fingerprint density at radius 3 is 2.27 bits per heavy atom. The van der Waals surface area contributed by atoms with Crippen molar-refractivity contribution < 1.29 is 9.53 Å². The van der Waals surface area contributed by atoms with Crippen LogP contribution in [-0.2, 0) is 0 Å². The van der Waals surface area contributed by atoms with E-state index in [2.05, 4.69) is 66.3 Å². The molecule has 2 saturated heterocycles. The van der Waals surface area contributed by atoms with E-state index in [0.29, 0.717) is 27.9 Å². The Kier molecular flexibility index (Phi) is 6.86. The van der Waals surface area contributed by atoms with Crippen LogP contribution in [0.4, 0.5) is 5.69 Å². The molecule has 2 N–H and O–H groups in total. The first-order chi connectivity index (χ1) is 17.6. The van der Waals surface area contributed by atoms with E-state index >= 15 is 0 Å². The number of anilines is 1. The minimum absolute atomic E-state index is 0.0843. The van der Waals surface area contributed by atoms with Crippen molar-refractivity contribution >= 4 is 23.2 Å². The predicted octanol–water partition coefficient (Wildman–Crippen LogP) is 3.92. The normalized spacial score (nSPS) is 24.9. The topological polar surface area (TPSA) is 80.6 Å². The number of hydrogen-bond acceptors (Lipinski definition) is 6. The molecule has 0 aromatic heterocycles. The second kappa shape index (κ2) is 9.83. The van der Waals surface area contributed by atoms with E-state index in [9.17, 15) is 10.1 Å². The van der Waals surface area contributed by atoms with E-state index in [4.69, 9.17) is 16.3 Å². The van der Waals surface area contributed by atoms with Crippen molar-refractivity contribution in [3.05, 3.63) is 58.6 Å². The van der Waals surface area contributed by atoms with E-state index in [1.165, 1.54) is 0 Å². The molecule has 0 spiro atoms. The lowest BCUT2D eigenvalue weighted by Gasteiger charge is -2.63. The van der Waals surface area contributed by atoms with E-state index in [1.807, 2.05) is 12.1 Å². The van der Waals surface area contributed by atoms with Gasteiger partial charge in [-0.05, 0) is 36.4 Å². The lowest BCUT2D eigenvalue weighted by molar-refractivity contribution is -0.164. The van der Waals surface area contributed by atoms with Crippen molar-refractivity contribution in [1.29, 1.82) is 5.26 Å². The number of carbonyl (C=O) groups is 1. The van der Waals surface area contributed by atoms with Gasteiger partial charge >= 0.3 is 0 Å². The maximum absolute atomic E-state index is 13.2. The average molecular weight is 522 g/mol. The van der Waals surface area contributed by atoms with E-state index in [-0.39, 0.29) is 28.9 Å². The van der Waals surface area contributed by atoms with Crippen molar-refractivity contribution in [3.8, 4) is 11.8 Å². The van der Waals surface area contributed by atoms with Gasteiger partial charge in [-0.2, -0.15) is 5.26 Å². The number of piperazine rings is 1. The highest BCUT2D eigenvalue weighted by molar-refractivity contribution is 6.31. The molecule has 5 rings (SSSR count). The summed E-state index contributed by atoms with van der Waals surface area (Å²) in [4.78, 5) is 18.2. The number of nitrogens with one attached hydrogen (secondary N) is 2. The van der Waals surface area contributed by atoms with Crippen LogP contribution in [0.25, 0.3) is 0 Å². The Morgan fingerprint density at radius 2 is 1.70 bits per heavy atom. The standard InChI is InChI=1S/C29H36ClN5O2/c1-28(2)26(29(3,4)27(28)37-24-7-5-6-23(30)22(24)16-31)33-25(36)19-8-10-20(11-9-19)34-12-14-35(15-13-34)21-17-32-18-21/h5-11,21,26-27,32H,12-15,17-18H2,1-4H3,(H,33,36). The van der Waals surface area contributed by atoms with Crippen LogP contribution in [0, 0.1) is 22.2 Å². The zero-order valence-electron chi connectivity index (χ0n) is 22.1. The molecule has 1 saturated carbocycles. The average Bonchev–Trinajstić information content (AvgIpc) is 2.85. The molecule has 37 heavy (non-hydrogen) atoms. The summed E-state index contributed by atoms with van der Waals surface area (Å²) in [5, 5.41) is 16.5. The van der Waals surface area contributed by atoms with Crippen LogP contribution in [0.5, 0.6) is 5.75 Å². The Balaban J connectivity index is 1.21. The summed E-state index contributed by atoms with van der Waals surface area (Å²) in [6.07, 6.45) is -0.201. The van der Waals surface area contributed by atoms with Crippen LogP contribution < -0.4 is 20.3 Å². The molecule has 0 unspecified atom stereocenters. The number of hydrogen-bond donors (Lipinski definition) is 2. The van der Waals surface area contributed by atoms with Crippen LogP contribution in [0.15, 0.2) is 42.5 Å². The summed E-state index contributed by atoms with van der Waals surface area (Å²) in [5.74, 6) is 0.394. The van der Waals surface area contributed by atoms with Crippen molar-refractivity contribution in [2.75, 3.05) is 44.2 Å². The Bertz CT molecular complexity index is 1180. The van der Waals surface area contributed by atoms with Crippen LogP contribution in [-0.4, -0.2) is 68.3 Å². The second-order valence-corrected chi connectivity index (χ2v) is 12.1. The minimum atomic E-state index is -0.343. The molecule has 3 fully saturated rings. The maximum atomic E-state index is 13.2. The maximum Gasteiger partial charge on any atom is 0.251 e. The Hall–Kier alpha value is -2.79. The Labute approximate surface area is 224 Å². The number of carbonyl (C=O) groups excluding carboxylic acids is 1. The third-order valence-electron chi connectivity index (χ3n) is 8.53. The van der Waals surface area contributed by atoms with Crippen LogP contribution in [0.2, 0.25) is 5.02 Å². The highest BCUT2D eigenvalue weighted by Crippen LogP contribution is 2.56. The molecular formula is C29H36ClN5O2. The molecule has 2 aromatic rings. The van der Waals surface area contributed by atoms with Gasteiger partial charge in [-0.3, -0.25) is 9.69 Å². The molecule has 0 radical (unpaired) electrons. The van der Waals surface area contributed by atoms with Gasteiger partial charge < -0.3 is 20.3 Å². The molecule has 7 nitrogen and oxygen atoms in total. The molecule has 1 aliphatic carbocycles. The number of benzene rings is 2. The highest BCUT2D eigenvalue weighted by atomic mass is 35.5. The zero-order chi connectivity index (χ0) is 26.4. The molecule has 2 aromatic carbocycles. The fourth-order valence-corrected chi connectivity index (χ4v) is 6.76. The SMILES string of the molecule is CC1(C)C(NC(=O)c2ccc(N3CCN(C4CNC4)CC3)cc2)C(C)(C)C1Oc1cccc(Cl)c1C#N. The molecule has 2 aliphatic heterocycles. The first kappa shape index (κ1) is 25.8. The van der Waals surface area contributed by atoms with Crippen molar-refractivity contribution in [2.45, 2.75) is 45.9 Å². The molecule has 196 valence electrons. The fraction of sp³-hybridized carbons (Fsp3) is 0.517. The molecule has 1 amide bonds. The second-order valence-electron chi connectivity index (χ2n) is 11.7. The lowest BCUT2D eigenvalue weighted by atomic mass is 9.49.